The van der Waals surface area contributed by atoms with Crippen LogP contribution in [0.2, 0.25) is 0 Å². The predicted octanol–water partition coefficient (Wildman–Crippen LogP) is 5.83. The van der Waals surface area contributed by atoms with E-state index in [0.29, 0.717) is 17.7 Å². The molecule has 0 fully saturated rings. The number of nitrogens with zero attached hydrogens (tertiary/aromatic N) is 2. The van der Waals surface area contributed by atoms with E-state index in [1.54, 1.807) is 24.3 Å². The predicted molar refractivity (Wildman–Crippen MR) is 118 cm³/mol. The normalized spacial score (nSPS) is 10.9. The van der Waals surface area contributed by atoms with E-state index < -0.39 is 0 Å². The second-order valence-corrected chi connectivity index (χ2v) is 7.76. The van der Waals surface area contributed by atoms with Crippen LogP contribution in [0, 0.1) is 13.8 Å². The molecule has 0 aliphatic carbocycles. The molecule has 0 saturated heterocycles. The van der Waals surface area contributed by atoms with Crippen LogP contribution in [-0.4, -0.2) is 21.6 Å². The van der Waals surface area contributed by atoms with Gasteiger partial charge in [-0.15, -0.1) is 0 Å². The monoisotopic (exact) mass is 397 g/mol. The lowest BCUT2D eigenvalue weighted by atomic mass is 10.0. The van der Waals surface area contributed by atoms with E-state index in [2.05, 4.69) is 17.3 Å². The molecule has 1 aromatic heterocycles. The van der Waals surface area contributed by atoms with E-state index in [0.717, 1.165) is 30.7 Å². The molecule has 2 rings (SSSR count). The Morgan fingerprint density at radius 2 is 1.59 bits per heavy atom. The summed E-state index contributed by atoms with van der Waals surface area (Å²) >= 11 is 0. The molecule has 1 aromatic carbocycles. The van der Waals surface area contributed by atoms with E-state index in [9.17, 15) is 9.59 Å². The molecule has 1 heterocycles. The fourth-order valence-corrected chi connectivity index (χ4v) is 3.59. The second kappa shape index (κ2) is 11.5. The number of carbonyl (C=O) groups is 2. The van der Waals surface area contributed by atoms with Crippen LogP contribution in [-0.2, 0) is 11.2 Å². The first-order valence-electron chi connectivity index (χ1n) is 11.0. The van der Waals surface area contributed by atoms with E-state index in [1.807, 2.05) is 20.8 Å². The quantitative estimate of drug-likeness (QED) is 0.485. The molecule has 1 amide bonds. The molecule has 0 unspecified atom stereocenters. The van der Waals surface area contributed by atoms with Gasteiger partial charge in [-0.05, 0) is 62.9 Å². The molecular formula is C24H35N3O2. The van der Waals surface area contributed by atoms with Gasteiger partial charge in [-0.25, -0.2) is 4.68 Å². The highest BCUT2D eigenvalue weighted by Gasteiger charge is 2.17. The van der Waals surface area contributed by atoms with E-state index in [1.165, 1.54) is 42.3 Å². The second-order valence-electron chi connectivity index (χ2n) is 7.76. The van der Waals surface area contributed by atoms with E-state index in [4.69, 9.17) is 0 Å². The molecule has 5 heteroatoms. The third-order valence-corrected chi connectivity index (χ3v) is 5.31. The Morgan fingerprint density at radius 3 is 2.24 bits per heavy atom. The van der Waals surface area contributed by atoms with E-state index in [-0.39, 0.29) is 11.8 Å². The topological polar surface area (TPSA) is 64.0 Å². The number of aromatic nitrogens is 2. The highest BCUT2D eigenvalue weighted by Crippen LogP contribution is 2.19. The lowest BCUT2D eigenvalue weighted by Crippen LogP contribution is -2.16. The number of aryl methyl sites for hydroxylation is 1. The van der Waals surface area contributed by atoms with Crippen molar-refractivity contribution in [1.82, 2.24) is 9.78 Å². The molecule has 5 nitrogen and oxygen atoms in total. The summed E-state index contributed by atoms with van der Waals surface area (Å²) in [5, 5.41) is 7.35. The number of hydrogen-bond acceptors (Lipinski definition) is 3. The molecule has 0 atom stereocenters. The number of hydrogen-bond donors (Lipinski definition) is 1. The number of benzene rings is 1. The van der Waals surface area contributed by atoms with Crippen molar-refractivity contribution in [3.05, 3.63) is 46.8 Å². The Morgan fingerprint density at radius 1 is 0.931 bits per heavy atom. The fourth-order valence-electron chi connectivity index (χ4n) is 3.59. The van der Waals surface area contributed by atoms with Crippen LogP contribution in [0.25, 0.3) is 0 Å². The number of anilines is 1. The first kappa shape index (κ1) is 22.9. The van der Waals surface area contributed by atoms with Crippen molar-refractivity contribution < 1.29 is 9.59 Å². The molecule has 158 valence electrons. The third kappa shape index (κ3) is 6.55. The number of rotatable bonds is 11. The van der Waals surface area contributed by atoms with Gasteiger partial charge in [0.05, 0.1) is 5.69 Å². The summed E-state index contributed by atoms with van der Waals surface area (Å²) in [4.78, 5) is 24.6. The van der Waals surface area contributed by atoms with Gasteiger partial charge in [0.1, 0.15) is 0 Å². The van der Waals surface area contributed by atoms with Crippen molar-refractivity contribution in [2.45, 2.75) is 85.5 Å². The largest absolute Gasteiger partial charge is 0.326 e. The van der Waals surface area contributed by atoms with Crippen molar-refractivity contribution in [2.75, 3.05) is 5.32 Å². The van der Waals surface area contributed by atoms with Crippen molar-refractivity contribution in [3.63, 3.8) is 0 Å². The van der Waals surface area contributed by atoms with Crippen LogP contribution in [0.15, 0.2) is 24.3 Å². The summed E-state index contributed by atoms with van der Waals surface area (Å²) < 4.78 is 1.52. The SMILES string of the molecule is CCCCCCCCc1c(C)nn(C(=O)c2ccc(NC(=O)CCC)cc2)c1C. The Kier molecular flexibility index (Phi) is 9.10. The first-order valence-corrected chi connectivity index (χ1v) is 11.0. The van der Waals surface area contributed by atoms with Crippen molar-refractivity contribution in [1.29, 1.82) is 0 Å². The summed E-state index contributed by atoms with van der Waals surface area (Å²) in [7, 11) is 0. The zero-order valence-corrected chi connectivity index (χ0v) is 18.4. The molecular weight excluding hydrogens is 362 g/mol. The fraction of sp³-hybridized carbons (Fsp3) is 0.542. The Bertz CT molecular complexity index is 806. The Balaban J connectivity index is 2.01. The summed E-state index contributed by atoms with van der Waals surface area (Å²) in [5.74, 6) is -0.143. The number of amides is 1. The smallest absolute Gasteiger partial charge is 0.278 e. The average Bonchev–Trinajstić information content (AvgIpc) is 2.99. The zero-order valence-electron chi connectivity index (χ0n) is 18.4. The molecule has 29 heavy (non-hydrogen) atoms. The van der Waals surface area contributed by atoms with Crippen molar-refractivity contribution >= 4 is 17.5 Å². The minimum Gasteiger partial charge on any atom is -0.326 e. The van der Waals surface area contributed by atoms with Gasteiger partial charge in [0.2, 0.25) is 5.91 Å². The number of carbonyl (C=O) groups excluding carboxylic acids is 2. The highest BCUT2D eigenvalue weighted by molar-refractivity contribution is 5.97. The molecule has 2 aromatic rings. The molecule has 0 saturated carbocycles. The zero-order chi connectivity index (χ0) is 21.2. The summed E-state index contributed by atoms with van der Waals surface area (Å²) in [6.45, 7) is 8.16. The standard InChI is InChI=1S/C24H35N3O2/c1-5-7-8-9-10-11-13-22-18(3)26-27(19(22)4)24(29)20-14-16-21(17-15-20)25-23(28)12-6-2/h14-17H,5-13H2,1-4H3,(H,25,28). The Labute approximate surface area is 174 Å². The number of unbranched alkanes of at least 4 members (excludes halogenated alkanes) is 5. The van der Waals surface area contributed by atoms with Crippen LogP contribution in [0.3, 0.4) is 0 Å². The van der Waals surface area contributed by atoms with Crippen molar-refractivity contribution in [3.8, 4) is 0 Å². The molecule has 0 radical (unpaired) electrons. The minimum atomic E-state index is -0.133. The van der Waals surface area contributed by atoms with Crippen LogP contribution in [0.4, 0.5) is 5.69 Å². The van der Waals surface area contributed by atoms with Gasteiger partial charge in [0.15, 0.2) is 0 Å². The summed E-state index contributed by atoms with van der Waals surface area (Å²) in [6, 6.07) is 7.02. The maximum Gasteiger partial charge on any atom is 0.278 e. The average molecular weight is 398 g/mol. The lowest BCUT2D eigenvalue weighted by molar-refractivity contribution is -0.116. The summed E-state index contributed by atoms with van der Waals surface area (Å²) in [5.41, 5.74) is 4.33. The molecule has 0 aliphatic heterocycles. The maximum absolute atomic E-state index is 12.9. The van der Waals surface area contributed by atoms with Crippen molar-refractivity contribution in [2.24, 2.45) is 0 Å². The molecule has 0 aliphatic rings. The van der Waals surface area contributed by atoms with Crippen LogP contribution < -0.4 is 5.32 Å². The van der Waals surface area contributed by atoms with Crippen LogP contribution in [0.1, 0.15) is 92.5 Å². The third-order valence-electron chi connectivity index (χ3n) is 5.31. The van der Waals surface area contributed by atoms with Crippen LogP contribution in [0.5, 0.6) is 0 Å². The molecule has 0 bridgehead atoms. The minimum absolute atomic E-state index is 0.00976. The van der Waals surface area contributed by atoms with Gasteiger partial charge in [0.25, 0.3) is 5.91 Å². The van der Waals surface area contributed by atoms with Gasteiger partial charge in [-0.2, -0.15) is 5.10 Å². The van der Waals surface area contributed by atoms with Gasteiger partial charge in [0, 0.05) is 23.4 Å². The number of nitrogens with one attached hydrogen (secondary N) is 1. The maximum atomic E-state index is 12.9. The van der Waals surface area contributed by atoms with Crippen LogP contribution >= 0.6 is 0 Å². The van der Waals surface area contributed by atoms with E-state index >= 15 is 0 Å². The first-order chi connectivity index (χ1) is 14.0. The van der Waals surface area contributed by atoms with Gasteiger partial charge >= 0.3 is 0 Å². The van der Waals surface area contributed by atoms with Gasteiger partial charge in [-0.3, -0.25) is 9.59 Å². The highest BCUT2D eigenvalue weighted by atomic mass is 16.2. The Hall–Kier alpha value is -2.43. The van der Waals surface area contributed by atoms with Gasteiger partial charge < -0.3 is 5.32 Å². The molecule has 0 spiro atoms. The molecule has 1 N–H and O–H groups in total. The summed E-state index contributed by atoms with van der Waals surface area (Å²) in [6.07, 6.45) is 9.79. The van der Waals surface area contributed by atoms with Gasteiger partial charge in [-0.1, -0.05) is 46.0 Å². The lowest BCUT2D eigenvalue weighted by Gasteiger charge is -2.07.